The summed E-state index contributed by atoms with van der Waals surface area (Å²) >= 11 is 5.92. The number of cyclic esters (lactones) is 1. The van der Waals surface area contributed by atoms with Gasteiger partial charge in [-0.15, -0.1) is 11.6 Å². The van der Waals surface area contributed by atoms with E-state index in [0.717, 1.165) is 5.57 Å². The van der Waals surface area contributed by atoms with Crippen LogP contribution in [0, 0.1) is 23.2 Å². The summed E-state index contributed by atoms with van der Waals surface area (Å²) in [5, 5.41) is 20.4. The van der Waals surface area contributed by atoms with Crippen molar-refractivity contribution in [2.24, 2.45) is 23.2 Å². The van der Waals surface area contributed by atoms with E-state index in [1.807, 2.05) is 19.9 Å². The monoisotopic (exact) mass is 312 g/mol. The first-order valence-corrected chi connectivity index (χ1v) is 7.43. The highest BCUT2D eigenvalue weighted by Gasteiger charge is 2.70. The summed E-state index contributed by atoms with van der Waals surface area (Å²) in [6.07, 6.45) is 3.52. The highest BCUT2D eigenvalue weighted by Crippen LogP contribution is 2.64. The zero-order chi connectivity index (χ0) is 15.6. The first kappa shape index (κ1) is 14.6. The average molecular weight is 313 g/mol. The first-order valence-electron chi connectivity index (χ1n) is 6.89. The number of allylic oxidation sites excluding steroid dienone is 2. The summed E-state index contributed by atoms with van der Waals surface area (Å²) in [7, 11) is 0. The minimum atomic E-state index is -1.90. The molecule has 0 aromatic carbocycles. The van der Waals surface area contributed by atoms with Crippen LogP contribution in [0.3, 0.4) is 0 Å². The molecule has 1 aliphatic heterocycles. The molecule has 2 N–H and O–H groups in total. The van der Waals surface area contributed by atoms with Gasteiger partial charge in [0.05, 0.1) is 12.5 Å². The SMILES string of the molecule is CC1=C[C@]23[C@H](C=C(C(=O)O)[C@@H]2COC(=O)[C@]3(O)CCl)[C@H]1C. The van der Waals surface area contributed by atoms with Gasteiger partial charge in [0.1, 0.15) is 0 Å². The Kier molecular flexibility index (Phi) is 3.01. The predicted molar refractivity (Wildman–Crippen MR) is 74.7 cm³/mol. The van der Waals surface area contributed by atoms with Crippen molar-refractivity contribution < 1.29 is 24.5 Å². The minimum absolute atomic E-state index is 0.0385. The number of carboxylic acids is 1. The van der Waals surface area contributed by atoms with Crippen molar-refractivity contribution in [3.8, 4) is 0 Å². The molecule has 0 aromatic rings. The Balaban J connectivity index is 2.23. The van der Waals surface area contributed by atoms with Gasteiger partial charge in [0.25, 0.3) is 0 Å². The molecule has 21 heavy (non-hydrogen) atoms. The smallest absolute Gasteiger partial charge is 0.340 e. The Labute approximate surface area is 127 Å². The number of hydrogen-bond acceptors (Lipinski definition) is 4. The van der Waals surface area contributed by atoms with Crippen LogP contribution in [0.25, 0.3) is 0 Å². The number of alkyl halides is 1. The Morgan fingerprint density at radius 1 is 1.57 bits per heavy atom. The van der Waals surface area contributed by atoms with E-state index in [0.29, 0.717) is 0 Å². The third-order valence-electron chi connectivity index (χ3n) is 5.46. The van der Waals surface area contributed by atoms with Crippen LogP contribution in [0.5, 0.6) is 0 Å². The van der Waals surface area contributed by atoms with Gasteiger partial charge in [-0.1, -0.05) is 24.6 Å². The minimum Gasteiger partial charge on any atom is -0.478 e. The Bertz CT molecular complexity index is 595. The molecular formula is C15H17ClO5. The fraction of sp³-hybridized carbons (Fsp3) is 0.600. The lowest BCUT2D eigenvalue weighted by Crippen LogP contribution is -2.64. The maximum Gasteiger partial charge on any atom is 0.340 e. The Morgan fingerprint density at radius 3 is 2.81 bits per heavy atom. The van der Waals surface area contributed by atoms with Gasteiger partial charge in [0.15, 0.2) is 5.60 Å². The van der Waals surface area contributed by atoms with Crippen molar-refractivity contribution in [1.29, 1.82) is 0 Å². The molecule has 0 bridgehead atoms. The molecule has 1 spiro atoms. The van der Waals surface area contributed by atoms with E-state index in [1.54, 1.807) is 6.08 Å². The number of halogens is 1. The molecule has 1 fully saturated rings. The molecule has 5 nitrogen and oxygen atoms in total. The van der Waals surface area contributed by atoms with E-state index in [2.05, 4.69) is 0 Å². The molecule has 6 heteroatoms. The Morgan fingerprint density at radius 2 is 2.24 bits per heavy atom. The predicted octanol–water partition coefficient (Wildman–Crippen LogP) is 1.35. The van der Waals surface area contributed by atoms with Crippen molar-refractivity contribution in [3.05, 3.63) is 23.3 Å². The number of esters is 1. The summed E-state index contributed by atoms with van der Waals surface area (Å²) in [5.74, 6) is -2.91. The van der Waals surface area contributed by atoms with Crippen molar-refractivity contribution >= 4 is 23.5 Å². The van der Waals surface area contributed by atoms with Crippen LogP contribution >= 0.6 is 11.6 Å². The van der Waals surface area contributed by atoms with E-state index < -0.39 is 28.9 Å². The lowest BCUT2D eigenvalue weighted by atomic mass is 9.59. The maximum atomic E-state index is 12.2. The largest absolute Gasteiger partial charge is 0.478 e. The van der Waals surface area contributed by atoms with Crippen LogP contribution in [-0.4, -0.2) is 40.2 Å². The molecule has 0 unspecified atom stereocenters. The van der Waals surface area contributed by atoms with Crippen molar-refractivity contribution in [3.63, 3.8) is 0 Å². The third kappa shape index (κ3) is 1.51. The van der Waals surface area contributed by atoms with Gasteiger partial charge >= 0.3 is 11.9 Å². The second kappa shape index (κ2) is 4.34. The van der Waals surface area contributed by atoms with Crippen LogP contribution in [0.1, 0.15) is 13.8 Å². The summed E-state index contributed by atoms with van der Waals surface area (Å²) in [4.78, 5) is 23.7. The molecule has 1 heterocycles. The average Bonchev–Trinajstić information content (AvgIpc) is 2.89. The van der Waals surface area contributed by atoms with E-state index in [9.17, 15) is 19.8 Å². The van der Waals surface area contributed by atoms with Crippen molar-refractivity contribution in [2.75, 3.05) is 12.5 Å². The number of rotatable bonds is 2. The van der Waals surface area contributed by atoms with Crippen LogP contribution in [-0.2, 0) is 14.3 Å². The van der Waals surface area contributed by atoms with E-state index in [4.69, 9.17) is 16.3 Å². The lowest BCUT2D eigenvalue weighted by molar-refractivity contribution is -0.199. The van der Waals surface area contributed by atoms with Gasteiger partial charge in [0, 0.05) is 16.9 Å². The van der Waals surface area contributed by atoms with Gasteiger partial charge in [-0.3, -0.25) is 0 Å². The van der Waals surface area contributed by atoms with Crippen molar-refractivity contribution in [1.82, 2.24) is 0 Å². The van der Waals surface area contributed by atoms with Crippen LogP contribution in [0.4, 0.5) is 0 Å². The quantitative estimate of drug-likeness (QED) is 0.457. The Hall–Kier alpha value is -1.33. The summed E-state index contributed by atoms with van der Waals surface area (Å²) in [6, 6.07) is 0. The van der Waals surface area contributed by atoms with Gasteiger partial charge in [-0.2, -0.15) is 0 Å². The fourth-order valence-electron chi connectivity index (χ4n) is 4.24. The fourth-order valence-corrected chi connectivity index (χ4v) is 4.58. The number of hydrogen-bond donors (Lipinski definition) is 2. The molecule has 0 aromatic heterocycles. The maximum absolute atomic E-state index is 12.2. The third-order valence-corrected chi connectivity index (χ3v) is 5.85. The summed E-state index contributed by atoms with van der Waals surface area (Å²) in [6.45, 7) is 3.86. The molecule has 5 atom stereocenters. The van der Waals surface area contributed by atoms with E-state index >= 15 is 0 Å². The summed E-state index contributed by atoms with van der Waals surface area (Å²) in [5.41, 5.74) is -1.68. The molecule has 1 saturated heterocycles. The first-order chi connectivity index (χ1) is 9.79. The molecule has 0 saturated carbocycles. The lowest BCUT2D eigenvalue weighted by Gasteiger charge is -2.49. The van der Waals surface area contributed by atoms with Crippen molar-refractivity contribution in [2.45, 2.75) is 19.4 Å². The second-order valence-corrected chi connectivity index (χ2v) is 6.48. The topological polar surface area (TPSA) is 83.8 Å². The number of carboxylic acid groups (broad SMARTS) is 1. The van der Waals surface area contributed by atoms with Gasteiger partial charge in [0.2, 0.25) is 0 Å². The molecule has 3 aliphatic rings. The van der Waals surface area contributed by atoms with Crippen LogP contribution in [0.15, 0.2) is 23.3 Å². The van der Waals surface area contributed by atoms with E-state index in [-0.39, 0.29) is 29.9 Å². The summed E-state index contributed by atoms with van der Waals surface area (Å²) < 4.78 is 5.05. The number of carbonyl (C=O) groups excluding carboxylic acids is 1. The second-order valence-electron chi connectivity index (χ2n) is 6.21. The van der Waals surface area contributed by atoms with Gasteiger partial charge in [-0.25, -0.2) is 9.59 Å². The molecule has 0 radical (unpaired) electrons. The molecule has 3 rings (SSSR count). The molecule has 2 aliphatic carbocycles. The standard InChI is InChI=1S/C15H17ClO5/c1-7-4-14-10(8(7)2)3-9(12(17)18)11(14)5-21-13(19)15(14,20)6-16/h3-4,8,10-11,20H,5-6H2,1-2H3,(H,17,18)/t8-,10+,11-,14-,15+/m0/s1. The number of aliphatic hydroxyl groups is 1. The molecule has 114 valence electrons. The zero-order valence-corrected chi connectivity index (χ0v) is 12.6. The normalized spacial score (nSPS) is 44.6. The van der Waals surface area contributed by atoms with E-state index in [1.165, 1.54) is 0 Å². The highest BCUT2D eigenvalue weighted by atomic mass is 35.5. The van der Waals surface area contributed by atoms with Crippen LogP contribution in [0.2, 0.25) is 0 Å². The number of ether oxygens (including phenoxy) is 1. The van der Waals surface area contributed by atoms with Gasteiger partial charge < -0.3 is 14.9 Å². The molecular weight excluding hydrogens is 296 g/mol. The zero-order valence-electron chi connectivity index (χ0n) is 11.8. The van der Waals surface area contributed by atoms with Crippen LogP contribution < -0.4 is 0 Å². The number of aliphatic carboxylic acids is 1. The highest BCUT2D eigenvalue weighted by molar-refractivity contribution is 6.20. The van der Waals surface area contributed by atoms with Gasteiger partial charge in [-0.05, 0) is 18.8 Å². The molecule has 0 amide bonds. The number of carbonyl (C=O) groups is 2.